The van der Waals surface area contributed by atoms with Crippen LogP contribution in [0.5, 0.6) is 0 Å². The van der Waals surface area contributed by atoms with Gasteiger partial charge in [-0.25, -0.2) is 4.39 Å². The van der Waals surface area contributed by atoms with Crippen molar-refractivity contribution >= 4 is 23.5 Å². The Morgan fingerprint density at radius 3 is 2.59 bits per heavy atom. The summed E-state index contributed by atoms with van der Waals surface area (Å²) in [6.07, 6.45) is 1.66. The summed E-state index contributed by atoms with van der Waals surface area (Å²) in [5, 5.41) is 10.7. The zero-order valence-electron chi connectivity index (χ0n) is 15.9. The van der Waals surface area contributed by atoms with Crippen molar-refractivity contribution in [3.8, 4) is 11.5 Å². The topological polar surface area (TPSA) is 85.1 Å². The molecule has 1 aromatic heterocycles. The van der Waals surface area contributed by atoms with Gasteiger partial charge in [0.25, 0.3) is 11.1 Å². The van der Waals surface area contributed by atoms with Crippen LogP contribution < -0.4 is 5.32 Å². The molecule has 6 nitrogen and oxygen atoms in total. The molecule has 0 aliphatic rings. The molecule has 0 fully saturated rings. The van der Waals surface area contributed by atoms with Crippen molar-refractivity contribution < 1.29 is 18.4 Å². The molecular formula is C21H20FN3O3S. The van der Waals surface area contributed by atoms with Crippen molar-refractivity contribution in [2.45, 2.75) is 25.0 Å². The standard InChI is InChI=1S/C21H20FN3O3S/c1-14(26)23-12-4-5-15-8-10-16(11-9-15)19(27)13-29-21-25-24-20(28-21)17-6-2-3-7-18(17)22/h2-3,6-11H,4-5,12-13H2,1H3,(H,23,26). The maximum atomic E-state index is 13.8. The van der Waals surface area contributed by atoms with Gasteiger partial charge < -0.3 is 9.73 Å². The van der Waals surface area contributed by atoms with E-state index in [-0.39, 0.29) is 34.1 Å². The highest BCUT2D eigenvalue weighted by atomic mass is 32.2. The number of nitrogens with zero attached hydrogens (tertiary/aromatic N) is 2. The van der Waals surface area contributed by atoms with Crippen LogP contribution in [0.4, 0.5) is 4.39 Å². The summed E-state index contributed by atoms with van der Waals surface area (Å²) in [6, 6.07) is 13.5. The average molecular weight is 413 g/mol. The van der Waals surface area contributed by atoms with Crippen LogP contribution in [0.2, 0.25) is 0 Å². The number of nitrogens with one attached hydrogen (secondary N) is 1. The van der Waals surface area contributed by atoms with Crippen molar-refractivity contribution in [3.05, 3.63) is 65.5 Å². The number of aromatic nitrogens is 2. The molecule has 0 spiro atoms. The first-order valence-corrected chi connectivity index (χ1v) is 10.1. The highest BCUT2D eigenvalue weighted by Gasteiger charge is 2.14. The van der Waals surface area contributed by atoms with Crippen LogP contribution in [0.25, 0.3) is 11.5 Å². The van der Waals surface area contributed by atoms with Crippen molar-refractivity contribution in [2.75, 3.05) is 12.3 Å². The van der Waals surface area contributed by atoms with E-state index < -0.39 is 5.82 Å². The quantitative estimate of drug-likeness (QED) is 0.325. The van der Waals surface area contributed by atoms with Gasteiger partial charge in [-0.1, -0.05) is 48.2 Å². The van der Waals surface area contributed by atoms with Crippen LogP contribution >= 0.6 is 11.8 Å². The molecule has 1 N–H and O–H groups in total. The first-order chi connectivity index (χ1) is 14.0. The molecular weight excluding hydrogens is 393 g/mol. The Balaban J connectivity index is 1.51. The Kier molecular flexibility index (Phi) is 7.13. The number of rotatable bonds is 9. The molecule has 0 aliphatic carbocycles. The number of hydrogen-bond acceptors (Lipinski definition) is 6. The molecule has 29 heavy (non-hydrogen) atoms. The summed E-state index contributed by atoms with van der Waals surface area (Å²) in [6.45, 7) is 2.12. The third kappa shape index (κ3) is 5.99. The second-order valence-electron chi connectivity index (χ2n) is 6.35. The number of halogens is 1. The fraction of sp³-hybridized carbons (Fsp3) is 0.238. The number of carbonyl (C=O) groups excluding carboxylic acids is 2. The molecule has 0 radical (unpaired) electrons. The van der Waals surface area contributed by atoms with Gasteiger partial charge in [0, 0.05) is 19.0 Å². The fourth-order valence-electron chi connectivity index (χ4n) is 2.64. The monoisotopic (exact) mass is 413 g/mol. The second-order valence-corrected chi connectivity index (χ2v) is 7.27. The number of amides is 1. The molecule has 0 atom stereocenters. The number of Topliss-reactive ketones (excluding diaryl/α,β-unsaturated/α-hetero) is 1. The van der Waals surface area contributed by atoms with Gasteiger partial charge in [-0.3, -0.25) is 9.59 Å². The maximum Gasteiger partial charge on any atom is 0.277 e. The van der Waals surface area contributed by atoms with E-state index in [1.54, 1.807) is 30.3 Å². The molecule has 0 aliphatic heterocycles. The predicted molar refractivity (Wildman–Crippen MR) is 108 cm³/mol. The summed E-state index contributed by atoms with van der Waals surface area (Å²) in [5.74, 6) is -0.320. The van der Waals surface area contributed by atoms with Crippen molar-refractivity contribution in [2.24, 2.45) is 0 Å². The van der Waals surface area contributed by atoms with Crippen LogP contribution in [0.3, 0.4) is 0 Å². The van der Waals surface area contributed by atoms with Crippen molar-refractivity contribution in [1.82, 2.24) is 15.5 Å². The Morgan fingerprint density at radius 2 is 1.86 bits per heavy atom. The molecule has 3 rings (SSSR count). The van der Waals surface area contributed by atoms with Gasteiger partial charge in [0.15, 0.2) is 5.78 Å². The summed E-state index contributed by atoms with van der Waals surface area (Å²) in [5.41, 5.74) is 1.93. The normalized spacial score (nSPS) is 10.7. The minimum Gasteiger partial charge on any atom is -0.411 e. The molecule has 8 heteroatoms. The van der Waals surface area contributed by atoms with Crippen LogP contribution in [-0.2, 0) is 11.2 Å². The number of hydrogen-bond donors (Lipinski definition) is 1. The highest BCUT2D eigenvalue weighted by molar-refractivity contribution is 7.99. The summed E-state index contributed by atoms with van der Waals surface area (Å²) in [7, 11) is 0. The van der Waals surface area contributed by atoms with Gasteiger partial charge >= 0.3 is 0 Å². The molecule has 0 saturated carbocycles. The zero-order chi connectivity index (χ0) is 20.6. The molecule has 0 unspecified atom stereocenters. The SMILES string of the molecule is CC(=O)NCCCc1ccc(C(=O)CSc2nnc(-c3ccccc3F)o2)cc1. The Morgan fingerprint density at radius 1 is 1.10 bits per heavy atom. The van der Waals surface area contributed by atoms with Gasteiger partial charge in [0.2, 0.25) is 5.91 Å². The third-order valence-corrected chi connectivity index (χ3v) is 4.95. The lowest BCUT2D eigenvalue weighted by Gasteiger charge is -2.04. The van der Waals surface area contributed by atoms with Crippen molar-refractivity contribution in [1.29, 1.82) is 0 Å². The minimum atomic E-state index is -0.444. The predicted octanol–water partition coefficient (Wildman–Crippen LogP) is 3.92. The average Bonchev–Trinajstić information content (AvgIpc) is 3.19. The van der Waals surface area contributed by atoms with E-state index in [0.717, 1.165) is 30.2 Å². The van der Waals surface area contributed by atoms with Gasteiger partial charge in [-0.2, -0.15) is 0 Å². The Bertz CT molecular complexity index is 989. The first kappa shape index (κ1) is 20.7. The molecule has 0 bridgehead atoms. The summed E-state index contributed by atoms with van der Waals surface area (Å²) in [4.78, 5) is 23.2. The smallest absolute Gasteiger partial charge is 0.277 e. The number of aryl methyl sites for hydroxylation is 1. The number of benzene rings is 2. The largest absolute Gasteiger partial charge is 0.411 e. The van der Waals surface area contributed by atoms with E-state index >= 15 is 0 Å². The highest BCUT2D eigenvalue weighted by Crippen LogP contribution is 2.25. The molecule has 3 aromatic rings. The first-order valence-electron chi connectivity index (χ1n) is 9.10. The van der Waals surface area contributed by atoms with Crippen LogP contribution in [0.15, 0.2) is 58.2 Å². The Hall–Kier alpha value is -3.00. The fourth-order valence-corrected chi connectivity index (χ4v) is 3.29. The van der Waals surface area contributed by atoms with Crippen LogP contribution in [0, 0.1) is 5.82 Å². The van der Waals surface area contributed by atoms with Crippen LogP contribution in [-0.4, -0.2) is 34.2 Å². The second kappa shape index (κ2) is 9.97. The third-order valence-electron chi connectivity index (χ3n) is 4.13. The number of thioether (sulfide) groups is 1. The minimum absolute atomic E-state index is 0.0364. The molecule has 150 valence electrons. The summed E-state index contributed by atoms with van der Waals surface area (Å²) < 4.78 is 19.2. The molecule has 1 heterocycles. The van der Waals surface area contributed by atoms with E-state index in [0.29, 0.717) is 12.1 Å². The van der Waals surface area contributed by atoms with Gasteiger partial charge in [0.1, 0.15) is 5.82 Å². The van der Waals surface area contributed by atoms with E-state index in [1.165, 1.54) is 13.0 Å². The molecule has 2 aromatic carbocycles. The van der Waals surface area contributed by atoms with E-state index in [1.807, 2.05) is 12.1 Å². The lowest BCUT2D eigenvalue weighted by atomic mass is 10.1. The lowest BCUT2D eigenvalue weighted by molar-refractivity contribution is -0.118. The molecule has 0 saturated heterocycles. The lowest BCUT2D eigenvalue weighted by Crippen LogP contribution is -2.21. The summed E-state index contributed by atoms with van der Waals surface area (Å²) >= 11 is 1.12. The Labute approximate surface area is 171 Å². The van der Waals surface area contributed by atoms with Gasteiger partial charge in [-0.15, -0.1) is 10.2 Å². The van der Waals surface area contributed by atoms with Crippen LogP contribution in [0.1, 0.15) is 29.3 Å². The number of carbonyl (C=O) groups is 2. The van der Waals surface area contributed by atoms with Gasteiger partial charge in [-0.05, 0) is 30.5 Å². The van der Waals surface area contributed by atoms with Crippen molar-refractivity contribution in [3.63, 3.8) is 0 Å². The zero-order valence-corrected chi connectivity index (χ0v) is 16.7. The van der Waals surface area contributed by atoms with E-state index in [2.05, 4.69) is 15.5 Å². The van der Waals surface area contributed by atoms with E-state index in [4.69, 9.17) is 4.42 Å². The van der Waals surface area contributed by atoms with Gasteiger partial charge in [0.05, 0.1) is 11.3 Å². The van der Waals surface area contributed by atoms with E-state index in [9.17, 15) is 14.0 Å². The molecule has 1 amide bonds. The maximum absolute atomic E-state index is 13.8. The number of ketones is 1.